The molecule has 1 N–H and O–H groups in total. The number of thiazole rings is 1. The molecule has 3 aromatic carbocycles. The molecule has 1 aliphatic rings. The van der Waals surface area contributed by atoms with Gasteiger partial charge >= 0.3 is 5.91 Å². The van der Waals surface area contributed by atoms with Crippen LogP contribution in [0.15, 0.2) is 72.3 Å². The number of ketones is 1. The highest BCUT2D eigenvalue weighted by molar-refractivity contribution is 7.22. The van der Waals surface area contributed by atoms with Gasteiger partial charge in [-0.1, -0.05) is 53.3 Å². The van der Waals surface area contributed by atoms with E-state index >= 15 is 0 Å². The molecule has 8 heteroatoms. The van der Waals surface area contributed by atoms with Gasteiger partial charge in [0.15, 0.2) is 5.13 Å². The third-order valence-electron chi connectivity index (χ3n) is 5.75. The summed E-state index contributed by atoms with van der Waals surface area (Å²) in [4.78, 5) is 32.2. The molecular formula is C26H19FN2O4S. The van der Waals surface area contributed by atoms with E-state index in [9.17, 15) is 19.1 Å². The third kappa shape index (κ3) is 3.62. The lowest BCUT2D eigenvalue weighted by Crippen LogP contribution is -2.29. The number of anilines is 1. The highest BCUT2D eigenvalue weighted by atomic mass is 32.1. The predicted molar refractivity (Wildman–Crippen MR) is 129 cm³/mol. The average molecular weight is 475 g/mol. The second kappa shape index (κ2) is 8.39. The summed E-state index contributed by atoms with van der Waals surface area (Å²) in [5, 5.41) is 11.4. The zero-order valence-electron chi connectivity index (χ0n) is 18.3. The number of nitrogens with zero attached hydrogens (tertiary/aromatic N) is 2. The molecule has 1 atom stereocenters. The van der Waals surface area contributed by atoms with Gasteiger partial charge in [0.25, 0.3) is 5.78 Å². The van der Waals surface area contributed by atoms with Gasteiger partial charge in [-0.3, -0.25) is 14.5 Å². The number of ether oxygens (including phenoxy) is 1. The molecule has 1 amide bonds. The monoisotopic (exact) mass is 474 g/mol. The van der Waals surface area contributed by atoms with E-state index in [1.165, 1.54) is 23.1 Å². The van der Waals surface area contributed by atoms with Gasteiger partial charge in [-0.2, -0.15) is 0 Å². The van der Waals surface area contributed by atoms with E-state index in [0.717, 1.165) is 16.9 Å². The van der Waals surface area contributed by atoms with E-state index in [1.807, 2.05) is 19.1 Å². The van der Waals surface area contributed by atoms with Gasteiger partial charge in [-0.25, -0.2) is 9.37 Å². The molecule has 1 fully saturated rings. The van der Waals surface area contributed by atoms with E-state index in [1.54, 1.807) is 43.5 Å². The maximum absolute atomic E-state index is 13.8. The number of amides is 1. The minimum atomic E-state index is -0.919. The van der Waals surface area contributed by atoms with E-state index in [2.05, 4.69) is 4.98 Å². The van der Waals surface area contributed by atoms with Crippen LogP contribution in [0.25, 0.3) is 16.0 Å². The Kier molecular flexibility index (Phi) is 5.37. The lowest BCUT2D eigenvalue weighted by atomic mass is 9.95. The molecule has 0 bridgehead atoms. The zero-order chi connectivity index (χ0) is 24.0. The second-order valence-corrected chi connectivity index (χ2v) is 8.93. The molecule has 0 saturated carbocycles. The van der Waals surface area contributed by atoms with Gasteiger partial charge in [-0.05, 0) is 42.8 Å². The first kappa shape index (κ1) is 21.8. The summed E-state index contributed by atoms with van der Waals surface area (Å²) in [7, 11) is 1.54. The van der Waals surface area contributed by atoms with Crippen LogP contribution in [0.5, 0.6) is 5.75 Å². The first-order valence-electron chi connectivity index (χ1n) is 10.5. The quantitative estimate of drug-likeness (QED) is 0.244. The van der Waals surface area contributed by atoms with Crippen LogP contribution in [0, 0.1) is 12.7 Å². The first-order valence-corrected chi connectivity index (χ1v) is 11.3. The molecular weight excluding hydrogens is 455 g/mol. The number of aliphatic hydroxyl groups is 1. The lowest BCUT2D eigenvalue weighted by Gasteiger charge is -2.23. The third-order valence-corrected chi connectivity index (χ3v) is 6.76. The van der Waals surface area contributed by atoms with Gasteiger partial charge in [0.2, 0.25) is 0 Å². The number of aryl methyl sites for hydroxylation is 1. The molecule has 6 nitrogen and oxygen atoms in total. The van der Waals surface area contributed by atoms with Gasteiger partial charge in [0, 0.05) is 5.56 Å². The van der Waals surface area contributed by atoms with Gasteiger partial charge in [0.05, 0.1) is 28.9 Å². The fourth-order valence-electron chi connectivity index (χ4n) is 3.99. The largest absolute Gasteiger partial charge is 0.507 e. The van der Waals surface area contributed by atoms with Crippen molar-refractivity contribution >= 4 is 44.1 Å². The molecule has 170 valence electrons. The molecule has 4 aromatic rings. The van der Waals surface area contributed by atoms with E-state index in [0.29, 0.717) is 27.1 Å². The van der Waals surface area contributed by atoms with Crippen molar-refractivity contribution in [1.82, 2.24) is 4.98 Å². The normalized spacial score (nSPS) is 17.5. The van der Waals surface area contributed by atoms with Crippen molar-refractivity contribution in [1.29, 1.82) is 0 Å². The topological polar surface area (TPSA) is 79.7 Å². The zero-order valence-corrected chi connectivity index (χ0v) is 19.1. The summed E-state index contributed by atoms with van der Waals surface area (Å²) < 4.78 is 19.5. The van der Waals surface area contributed by atoms with Crippen molar-refractivity contribution in [2.45, 2.75) is 13.0 Å². The summed E-state index contributed by atoms with van der Waals surface area (Å²) in [5.41, 5.74) is 2.48. The minimum absolute atomic E-state index is 0.0375. The number of carbonyl (C=O) groups is 2. The maximum atomic E-state index is 13.8. The molecule has 2 heterocycles. The Balaban J connectivity index is 1.72. The molecule has 34 heavy (non-hydrogen) atoms. The number of methoxy groups -OCH3 is 1. The molecule has 0 radical (unpaired) electrons. The summed E-state index contributed by atoms with van der Waals surface area (Å²) in [6.07, 6.45) is 0. The second-order valence-electron chi connectivity index (χ2n) is 7.92. The van der Waals surface area contributed by atoms with Crippen LogP contribution in [0.1, 0.15) is 22.7 Å². The summed E-state index contributed by atoms with van der Waals surface area (Å²) >= 11 is 1.10. The molecule has 1 unspecified atom stereocenters. The summed E-state index contributed by atoms with van der Waals surface area (Å²) in [5.74, 6) is -1.71. The van der Waals surface area contributed by atoms with Crippen molar-refractivity contribution < 1.29 is 23.8 Å². The van der Waals surface area contributed by atoms with Crippen LogP contribution in [0.4, 0.5) is 9.52 Å². The number of carbonyl (C=O) groups excluding carboxylic acids is 2. The number of hydrogen-bond acceptors (Lipinski definition) is 6. The number of aliphatic hydroxyl groups excluding tert-OH is 1. The number of halogens is 1. The van der Waals surface area contributed by atoms with Gasteiger partial charge in [0.1, 0.15) is 17.3 Å². The molecule has 0 aliphatic carbocycles. The van der Waals surface area contributed by atoms with Crippen LogP contribution in [-0.4, -0.2) is 28.9 Å². The Morgan fingerprint density at radius 1 is 1.06 bits per heavy atom. The number of Topliss-reactive ketones (excluding diaryl/α,β-unsaturated/α-hetero) is 1. The number of fused-ring (bicyclic) bond motifs is 1. The van der Waals surface area contributed by atoms with Crippen LogP contribution in [-0.2, 0) is 9.59 Å². The van der Waals surface area contributed by atoms with Gasteiger partial charge in [-0.15, -0.1) is 0 Å². The molecule has 1 aromatic heterocycles. The van der Waals surface area contributed by atoms with Gasteiger partial charge < -0.3 is 9.84 Å². The van der Waals surface area contributed by atoms with Crippen LogP contribution >= 0.6 is 11.3 Å². The van der Waals surface area contributed by atoms with E-state index in [-0.39, 0.29) is 16.5 Å². The van der Waals surface area contributed by atoms with Crippen molar-refractivity contribution in [3.05, 3.63) is 94.8 Å². The lowest BCUT2D eigenvalue weighted by molar-refractivity contribution is -0.132. The van der Waals surface area contributed by atoms with Crippen molar-refractivity contribution in [2.24, 2.45) is 0 Å². The van der Waals surface area contributed by atoms with E-state index < -0.39 is 23.5 Å². The molecule has 1 aliphatic heterocycles. The van der Waals surface area contributed by atoms with E-state index in [4.69, 9.17) is 4.74 Å². The summed E-state index contributed by atoms with van der Waals surface area (Å²) in [6.45, 7) is 1.91. The Morgan fingerprint density at radius 3 is 2.44 bits per heavy atom. The highest BCUT2D eigenvalue weighted by Gasteiger charge is 2.48. The SMILES string of the molecule is COc1ccc(C2C(=C(O)c3ccc(C)cc3)C(=O)C(=O)N2c2nc3ccc(F)cc3s2)cc1. The molecule has 5 rings (SSSR count). The Labute approximate surface area is 198 Å². The molecule has 0 spiro atoms. The number of aromatic nitrogens is 1. The highest BCUT2D eigenvalue weighted by Crippen LogP contribution is 2.44. The smallest absolute Gasteiger partial charge is 0.301 e. The fourth-order valence-corrected chi connectivity index (χ4v) is 5.00. The van der Waals surface area contributed by atoms with Crippen LogP contribution in [0.2, 0.25) is 0 Å². The van der Waals surface area contributed by atoms with Crippen molar-refractivity contribution in [2.75, 3.05) is 12.0 Å². The minimum Gasteiger partial charge on any atom is -0.507 e. The van der Waals surface area contributed by atoms with Crippen molar-refractivity contribution in [3.63, 3.8) is 0 Å². The predicted octanol–water partition coefficient (Wildman–Crippen LogP) is 5.38. The molecule has 1 saturated heterocycles. The Morgan fingerprint density at radius 2 is 1.76 bits per heavy atom. The first-order chi connectivity index (χ1) is 16.4. The van der Waals surface area contributed by atoms with Crippen LogP contribution in [0.3, 0.4) is 0 Å². The maximum Gasteiger partial charge on any atom is 0.301 e. The van der Waals surface area contributed by atoms with Crippen LogP contribution < -0.4 is 9.64 Å². The average Bonchev–Trinajstić information content (AvgIpc) is 3.37. The summed E-state index contributed by atoms with van der Waals surface area (Å²) in [6, 6.07) is 17.2. The standard InChI is InChI=1S/C26H19FN2O4S/c1-14-3-5-16(6-4-14)23(30)21-22(15-7-10-18(33-2)11-8-15)29(25(32)24(21)31)26-28-19-12-9-17(27)13-20(19)34-26/h3-13,22,30H,1-2H3. The van der Waals surface area contributed by atoms with Crippen molar-refractivity contribution in [3.8, 4) is 5.75 Å². The number of benzene rings is 3. The fraction of sp³-hybridized carbons (Fsp3) is 0.115. The Bertz CT molecular complexity index is 1460. The Hall–Kier alpha value is -4.04. The number of hydrogen-bond donors (Lipinski definition) is 1. The number of rotatable bonds is 4.